The van der Waals surface area contributed by atoms with Crippen LogP contribution in [0.2, 0.25) is 0 Å². The number of hydrazine groups is 1. The molecule has 2 rings (SSSR count). The van der Waals surface area contributed by atoms with Crippen molar-refractivity contribution < 1.29 is 14.1 Å². The van der Waals surface area contributed by atoms with Crippen LogP contribution >= 0.6 is 0 Å². The number of nitrogens with two attached hydrogens (primary N) is 1. The average Bonchev–Trinajstić information content (AvgIpc) is 2.41. The quantitative estimate of drug-likeness (QED) is 0.506. The van der Waals surface area contributed by atoms with Crippen LogP contribution in [0.5, 0.6) is 11.6 Å². The molecule has 1 aromatic carbocycles. The van der Waals surface area contributed by atoms with E-state index in [-0.39, 0.29) is 17.4 Å². The number of benzene rings is 1. The Hall–Kier alpha value is -2.74. The Morgan fingerprint density at radius 1 is 1.40 bits per heavy atom. The SMILES string of the molecule is Cc1cc(F)ccc1Oc1cc([N+](=O)[O-])cc(NN)n1. The van der Waals surface area contributed by atoms with Gasteiger partial charge in [0.2, 0.25) is 5.88 Å². The predicted molar refractivity (Wildman–Crippen MR) is 69.9 cm³/mol. The van der Waals surface area contributed by atoms with Crippen LogP contribution in [0.3, 0.4) is 0 Å². The van der Waals surface area contributed by atoms with Crippen molar-refractivity contribution in [1.29, 1.82) is 0 Å². The van der Waals surface area contributed by atoms with Crippen molar-refractivity contribution in [2.45, 2.75) is 6.92 Å². The molecule has 0 bridgehead atoms. The second kappa shape index (κ2) is 5.49. The minimum Gasteiger partial charge on any atom is -0.438 e. The number of anilines is 1. The van der Waals surface area contributed by atoms with Crippen LogP contribution in [-0.4, -0.2) is 9.91 Å². The number of ether oxygens (including phenoxy) is 1. The Morgan fingerprint density at radius 2 is 2.15 bits per heavy atom. The molecule has 104 valence electrons. The maximum Gasteiger partial charge on any atom is 0.278 e. The molecule has 7 nitrogen and oxygen atoms in total. The van der Waals surface area contributed by atoms with Gasteiger partial charge in [-0.15, -0.1) is 0 Å². The lowest BCUT2D eigenvalue weighted by Gasteiger charge is -2.09. The van der Waals surface area contributed by atoms with Crippen LogP contribution in [0.4, 0.5) is 15.9 Å². The molecule has 3 N–H and O–H groups in total. The first-order valence-electron chi connectivity index (χ1n) is 5.56. The monoisotopic (exact) mass is 278 g/mol. The summed E-state index contributed by atoms with van der Waals surface area (Å²) in [5.74, 6) is 5.22. The third-order valence-corrected chi connectivity index (χ3v) is 2.50. The van der Waals surface area contributed by atoms with Gasteiger partial charge in [0.1, 0.15) is 11.6 Å². The Bertz CT molecular complexity index is 663. The van der Waals surface area contributed by atoms with Gasteiger partial charge in [-0.3, -0.25) is 10.1 Å². The van der Waals surface area contributed by atoms with Crippen LogP contribution in [0.25, 0.3) is 0 Å². The summed E-state index contributed by atoms with van der Waals surface area (Å²) in [7, 11) is 0. The van der Waals surface area contributed by atoms with E-state index in [1.54, 1.807) is 6.92 Å². The van der Waals surface area contributed by atoms with Gasteiger partial charge in [0.25, 0.3) is 5.69 Å². The third kappa shape index (κ3) is 2.98. The molecule has 0 atom stereocenters. The van der Waals surface area contributed by atoms with Crippen LogP contribution in [0.1, 0.15) is 5.56 Å². The summed E-state index contributed by atoms with van der Waals surface area (Å²) >= 11 is 0. The highest BCUT2D eigenvalue weighted by molar-refractivity contribution is 5.48. The molecule has 20 heavy (non-hydrogen) atoms. The van der Waals surface area contributed by atoms with E-state index in [2.05, 4.69) is 10.4 Å². The molecule has 8 heteroatoms. The van der Waals surface area contributed by atoms with E-state index in [4.69, 9.17) is 10.6 Å². The lowest BCUT2D eigenvalue weighted by atomic mass is 10.2. The smallest absolute Gasteiger partial charge is 0.278 e. The van der Waals surface area contributed by atoms with E-state index in [0.29, 0.717) is 11.3 Å². The van der Waals surface area contributed by atoms with Gasteiger partial charge in [0.05, 0.1) is 17.1 Å². The van der Waals surface area contributed by atoms with Gasteiger partial charge < -0.3 is 10.2 Å². The summed E-state index contributed by atoms with van der Waals surface area (Å²) in [6.45, 7) is 1.65. The largest absolute Gasteiger partial charge is 0.438 e. The zero-order valence-electron chi connectivity index (χ0n) is 10.5. The van der Waals surface area contributed by atoms with Gasteiger partial charge in [-0.05, 0) is 30.7 Å². The zero-order chi connectivity index (χ0) is 14.7. The molecular weight excluding hydrogens is 267 g/mol. The molecule has 0 fully saturated rings. The fourth-order valence-corrected chi connectivity index (χ4v) is 1.56. The maximum absolute atomic E-state index is 13.0. The van der Waals surface area contributed by atoms with Crippen molar-refractivity contribution in [3.05, 3.63) is 51.8 Å². The summed E-state index contributed by atoms with van der Waals surface area (Å²) in [5, 5.41) is 10.8. The van der Waals surface area contributed by atoms with E-state index in [0.717, 1.165) is 6.07 Å². The Labute approximate surface area is 113 Å². The third-order valence-electron chi connectivity index (χ3n) is 2.50. The second-order valence-corrected chi connectivity index (χ2v) is 3.96. The Kier molecular flexibility index (Phi) is 3.76. The topological polar surface area (TPSA) is 103 Å². The highest BCUT2D eigenvalue weighted by Crippen LogP contribution is 2.28. The van der Waals surface area contributed by atoms with Crippen LogP contribution < -0.4 is 16.0 Å². The average molecular weight is 278 g/mol. The van der Waals surface area contributed by atoms with Gasteiger partial charge >= 0.3 is 0 Å². The van der Waals surface area contributed by atoms with Gasteiger partial charge in [0.15, 0.2) is 5.82 Å². The van der Waals surface area contributed by atoms with E-state index in [9.17, 15) is 14.5 Å². The fraction of sp³-hybridized carbons (Fsp3) is 0.0833. The first-order chi connectivity index (χ1) is 9.49. The predicted octanol–water partition coefficient (Wildman–Crippen LogP) is 2.52. The number of aromatic nitrogens is 1. The number of nitrogens with one attached hydrogen (secondary N) is 1. The molecule has 1 heterocycles. The number of pyridine rings is 1. The molecule has 1 aromatic heterocycles. The maximum atomic E-state index is 13.0. The van der Waals surface area contributed by atoms with Crippen molar-refractivity contribution in [3.63, 3.8) is 0 Å². The summed E-state index contributed by atoms with van der Waals surface area (Å²) < 4.78 is 18.4. The van der Waals surface area contributed by atoms with E-state index in [1.807, 2.05) is 0 Å². The molecule has 0 unspecified atom stereocenters. The number of aryl methyl sites for hydroxylation is 1. The van der Waals surface area contributed by atoms with Crippen molar-refractivity contribution in [1.82, 2.24) is 4.98 Å². The van der Waals surface area contributed by atoms with E-state index < -0.39 is 10.7 Å². The molecular formula is C12H11FN4O3. The number of hydrogen-bond acceptors (Lipinski definition) is 6. The van der Waals surface area contributed by atoms with Crippen molar-refractivity contribution >= 4 is 11.5 Å². The molecule has 2 aromatic rings. The van der Waals surface area contributed by atoms with Gasteiger partial charge in [-0.1, -0.05) is 0 Å². The molecule has 0 aliphatic carbocycles. The van der Waals surface area contributed by atoms with Gasteiger partial charge in [0, 0.05) is 0 Å². The van der Waals surface area contributed by atoms with Crippen LogP contribution in [-0.2, 0) is 0 Å². The molecule has 0 aliphatic rings. The minimum atomic E-state index is -0.590. The molecule has 0 saturated carbocycles. The number of nitro groups is 1. The normalized spacial score (nSPS) is 10.2. The first-order valence-corrected chi connectivity index (χ1v) is 5.56. The molecule has 0 radical (unpaired) electrons. The lowest BCUT2D eigenvalue weighted by Crippen LogP contribution is -2.09. The first kappa shape index (κ1) is 13.7. The molecule has 0 amide bonds. The van der Waals surface area contributed by atoms with E-state index in [1.165, 1.54) is 24.3 Å². The molecule has 0 saturated heterocycles. The molecule has 0 spiro atoms. The Balaban J connectivity index is 2.37. The van der Waals surface area contributed by atoms with Gasteiger partial charge in [-0.25, -0.2) is 10.2 Å². The number of nitrogen functional groups attached to an aromatic ring is 1. The highest BCUT2D eigenvalue weighted by Gasteiger charge is 2.13. The summed E-state index contributed by atoms with van der Waals surface area (Å²) in [4.78, 5) is 14.1. The molecule has 0 aliphatic heterocycles. The van der Waals surface area contributed by atoms with Crippen molar-refractivity contribution in [3.8, 4) is 11.6 Å². The standard InChI is InChI=1S/C12H11FN4O3/c1-7-4-8(13)2-3-10(7)20-12-6-9(17(18)19)5-11(15-12)16-14/h2-6H,14H2,1H3,(H,15,16). The minimum absolute atomic E-state index is 0.0122. The summed E-state index contributed by atoms with van der Waals surface area (Å²) in [6, 6.07) is 6.26. The zero-order valence-corrected chi connectivity index (χ0v) is 10.5. The summed E-state index contributed by atoms with van der Waals surface area (Å²) in [5.41, 5.74) is 2.54. The second-order valence-electron chi connectivity index (χ2n) is 3.96. The van der Waals surface area contributed by atoms with E-state index >= 15 is 0 Å². The number of halogens is 1. The van der Waals surface area contributed by atoms with Crippen LogP contribution in [0, 0.1) is 22.9 Å². The van der Waals surface area contributed by atoms with Crippen LogP contribution in [0.15, 0.2) is 30.3 Å². The number of hydrogen-bond donors (Lipinski definition) is 2. The highest BCUT2D eigenvalue weighted by atomic mass is 19.1. The number of nitrogens with zero attached hydrogens (tertiary/aromatic N) is 2. The Morgan fingerprint density at radius 3 is 2.75 bits per heavy atom. The van der Waals surface area contributed by atoms with Crippen molar-refractivity contribution in [2.75, 3.05) is 5.43 Å². The van der Waals surface area contributed by atoms with Crippen molar-refractivity contribution in [2.24, 2.45) is 5.84 Å². The lowest BCUT2D eigenvalue weighted by molar-refractivity contribution is -0.384. The van der Waals surface area contributed by atoms with Gasteiger partial charge in [-0.2, -0.15) is 4.98 Å². The summed E-state index contributed by atoms with van der Waals surface area (Å²) in [6.07, 6.45) is 0. The fourth-order valence-electron chi connectivity index (χ4n) is 1.56. The number of rotatable bonds is 4.